The van der Waals surface area contributed by atoms with Crippen LogP contribution < -0.4 is 0 Å². The highest BCUT2D eigenvalue weighted by molar-refractivity contribution is 7.85. The van der Waals surface area contributed by atoms with Gasteiger partial charge < -0.3 is 4.74 Å². The van der Waals surface area contributed by atoms with Crippen LogP contribution in [0, 0.1) is 0 Å². The molecule has 84 valence electrons. The molecule has 0 amide bonds. The highest BCUT2D eigenvalue weighted by Gasteiger charge is 2.19. The minimum absolute atomic E-state index is 0.310. The molecule has 0 heterocycles. The van der Waals surface area contributed by atoms with E-state index in [1.807, 2.05) is 20.8 Å². The van der Waals surface area contributed by atoms with Crippen molar-refractivity contribution in [1.29, 1.82) is 0 Å². The molecule has 3 nitrogen and oxygen atoms in total. The first-order valence-corrected chi connectivity index (χ1v) is 6.06. The highest BCUT2D eigenvalue weighted by atomic mass is 32.2. The second kappa shape index (κ2) is 6.17. The second-order valence-electron chi connectivity index (χ2n) is 4.15. The number of ether oxygens (including phenoxy) is 1. The number of nitrogens with zero attached hydrogens (tertiary/aromatic N) is 1. The van der Waals surface area contributed by atoms with Crippen LogP contribution in [0.15, 0.2) is 4.40 Å². The van der Waals surface area contributed by atoms with Gasteiger partial charge in [0.05, 0.1) is 11.9 Å². The fourth-order valence-electron chi connectivity index (χ4n) is 0.742. The summed E-state index contributed by atoms with van der Waals surface area (Å²) in [4.78, 5) is 0. The van der Waals surface area contributed by atoms with Gasteiger partial charge in [0.1, 0.15) is 11.0 Å². The van der Waals surface area contributed by atoms with E-state index in [-0.39, 0.29) is 4.75 Å². The normalized spacial score (nSPS) is 15.4. The Morgan fingerprint density at radius 2 is 2.00 bits per heavy atom. The molecule has 0 spiro atoms. The molecule has 0 aliphatic carbocycles. The van der Waals surface area contributed by atoms with Crippen LogP contribution in [0.5, 0.6) is 0 Å². The SMILES string of the molecule is CCCC/C(=N/[S@](=O)C(C)(C)C)OC. The molecule has 0 N–H and O–H groups in total. The minimum Gasteiger partial charge on any atom is -0.484 e. The molecule has 0 unspecified atom stereocenters. The van der Waals surface area contributed by atoms with E-state index in [1.54, 1.807) is 7.11 Å². The summed E-state index contributed by atoms with van der Waals surface area (Å²) in [6.45, 7) is 7.81. The molecule has 0 saturated carbocycles. The largest absolute Gasteiger partial charge is 0.484 e. The molecule has 0 fully saturated rings. The van der Waals surface area contributed by atoms with Crippen molar-refractivity contribution < 1.29 is 8.95 Å². The Hall–Kier alpha value is -0.380. The lowest BCUT2D eigenvalue weighted by Gasteiger charge is -2.14. The van der Waals surface area contributed by atoms with Crippen LogP contribution >= 0.6 is 0 Å². The molecule has 0 saturated heterocycles. The molecular weight excluding hydrogens is 198 g/mol. The molecule has 0 bridgehead atoms. The number of hydrogen-bond donors (Lipinski definition) is 0. The fraction of sp³-hybridized carbons (Fsp3) is 0.900. The van der Waals surface area contributed by atoms with Gasteiger partial charge in [-0.1, -0.05) is 13.3 Å². The van der Waals surface area contributed by atoms with E-state index in [1.165, 1.54) is 0 Å². The maximum atomic E-state index is 11.6. The molecule has 0 aromatic heterocycles. The van der Waals surface area contributed by atoms with E-state index in [0.29, 0.717) is 5.90 Å². The Bertz CT molecular complexity index is 219. The van der Waals surface area contributed by atoms with Crippen molar-refractivity contribution in [2.24, 2.45) is 4.40 Å². The number of rotatable bonds is 4. The Kier molecular flexibility index (Phi) is 6.00. The van der Waals surface area contributed by atoms with Crippen LogP contribution in [-0.4, -0.2) is 22.0 Å². The van der Waals surface area contributed by atoms with Gasteiger partial charge in [-0.3, -0.25) is 0 Å². The zero-order chi connectivity index (χ0) is 11.2. The quantitative estimate of drug-likeness (QED) is 0.538. The van der Waals surface area contributed by atoms with E-state index < -0.39 is 11.0 Å². The van der Waals surface area contributed by atoms with Crippen LogP contribution in [0.3, 0.4) is 0 Å². The van der Waals surface area contributed by atoms with E-state index in [9.17, 15) is 4.21 Å². The Labute approximate surface area is 89.5 Å². The molecule has 14 heavy (non-hydrogen) atoms. The summed E-state index contributed by atoms with van der Waals surface area (Å²) >= 11 is 0. The Morgan fingerprint density at radius 3 is 2.36 bits per heavy atom. The molecule has 1 atom stereocenters. The first-order chi connectivity index (χ1) is 6.41. The molecule has 0 aliphatic rings. The van der Waals surface area contributed by atoms with E-state index in [4.69, 9.17) is 4.74 Å². The van der Waals surface area contributed by atoms with Gasteiger partial charge in [0.15, 0.2) is 5.90 Å². The predicted molar refractivity (Wildman–Crippen MR) is 61.9 cm³/mol. The fourth-order valence-corrected chi connectivity index (χ4v) is 1.37. The molecular formula is C10H21NO2S. The van der Waals surface area contributed by atoms with Gasteiger partial charge in [-0.25, -0.2) is 4.21 Å². The highest BCUT2D eigenvalue weighted by Crippen LogP contribution is 2.13. The topological polar surface area (TPSA) is 38.7 Å². The average molecular weight is 219 g/mol. The lowest BCUT2D eigenvalue weighted by molar-refractivity contribution is 0.389. The Morgan fingerprint density at radius 1 is 1.43 bits per heavy atom. The van der Waals surface area contributed by atoms with Crippen LogP contribution in [-0.2, 0) is 15.7 Å². The molecule has 0 aromatic carbocycles. The van der Waals surface area contributed by atoms with Crippen molar-refractivity contribution in [2.75, 3.05) is 7.11 Å². The number of unbranched alkanes of at least 4 members (excludes halogenated alkanes) is 1. The molecule has 0 aliphatic heterocycles. The van der Waals surface area contributed by atoms with Gasteiger partial charge in [0.2, 0.25) is 0 Å². The standard InChI is InChI=1S/C10H21NO2S/c1-6-7-8-9(13-5)11-14(12)10(2,3)4/h6-8H2,1-5H3/b11-9-/t14-/m1/s1. The van der Waals surface area contributed by atoms with Crippen LogP contribution in [0.1, 0.15) is 47.0 Å². The van der Waals surface area contributed by atoms with Crippen LogP contribution in [0.2, 0.25) is 0 Å². The first kappa shape index (κ1) is 13.6. The van der Waals surface area contributed by atoms with Gasteiger partial charge in [-0.2, -0.15) is 4.40 Å². The summed E-state index contributed by atoms with van der Waals surface area (Å²) in [5.74, 6) is 0.597. The van der Waals surface area contributed by atoms with Crippen molar-refractivity contribution in [3.05, 3.63) is 0 Å². The van der Waals surface area contributed by atoms with Crippen LogP contribution in [0.4, 0.5) is 0 Å². The first-order valence-electron chi connectivity index (χ1n) is 4.95. The summed E-state index contributed by atoms with van der Waals surface area (Å²) < 4.78 is 20.5. The van der Waals surface area contributed by atoms with Gasteiger partial charge in [-0.15, -0.1) is 0 Å². The van der Waals surface area contributed by atoms with Gasteiger partial charge in [-0.05, 0) is 27.2 Å². The van der Waals surface area contributed by atoms with Crippen molar-refractivity contribution in [2.45, 2.75) is 51.7 Å². The number of methoxy groups -OCH3 is 1. The summed E-state index contributed by atoms with van der Waals surface area (Å²) in [6, 6.07) is 0. The lowest BCUT2D eigenvalue weighted by Crippen LogP contribution is -2.21. The zero-order valence-corrected chi connectivity index (χ0v) is 10.6. The average Bonchev–Trinajstić information content (AvgIpc) is 2.10. The summed E-state index contributed by atoms with van der Waals surface area (Å²) in [5.41, 5.74) is 0. The molecule has 0 radical (unpaired) electrons. The monoisotopic (exact) mass is 219 g/mol. The third kappa shape index (κ3) is 5.37. The van der Waals surface area contributed by atoms with E-state index in [2.05, 4.69) is 11.3 Å². The Balaban J connectivity index is 4.36. The third-order valence-corrected chi connectivity index (χ3v) is 3.11. The molecule has 0 rings (SSSR count). The maximum absolute atomic E-state index is 11.6. The van der Waals surface area contributed by atoms with Crippen molar-refractivity contribution in [1.82, 2.24) is 0 Å². The number of hydrogen-bond acceptors (Lipinski definition) is 2. The van der Waals surface area contributed by atoms with Crippen LogP contribution in [0.25, 0.3) is 0 Å². The predicted octanol–water partition coefficient (Wildman–Crippen LogP) is 2.68. The zero-order valence-electron chi connectivity index (χ0n) is 9.79. The van der Waals surface area contributed by atoms with Gasteiger partial charge >= 0.3 is 0 Å². The summed E-state index contributed by atoms with van der Waals surface area (Å²) in [6.07, 6.45) is 2.88. The van der Waals surface area contributed by atoms with Gasteiger partial charge in [0.25, 0.3) is 0 Å². The van der Waals surface area contributed by atoms with Crippen molar-refractivity contribution >= 4 is 16.9 Å². The smallest absolute Gasteiger partial charge is 0.197 e. The van der Waals surface area contributed by atoms with Crippen molar-refractivity contribution in [3.63, 3.8) is 0 Å². The maximum Gasteiger partial charge on any atom is 0.197 e. The molecule has 0 aromatic rings. The van der Waals surface area contributed by atoms with Gasteiger partial charge in [0, 0.05) is 6.42 Å². The minimum atomic E-state index is -1.21. The second-order valence-corrected chi connectivity index (χ2v) is 6.06. The van der Waals surface area contributed by atoms with E-state index >= 15 is 0 Å². The van der Waals surface area contributed by atoms with E-state index in [0.717, 1.165) is 19.3 Å². The summed E-state index contributed by atoms with van der Waals surface area (Å²) in [5, 5.41) is 0. The third-order valence-electron chi connectivity index (χ3n) is 1.69. The molecule has 4 heteroatoms. The summed E-state index contributed by atoms with van der Waals surface area (Å²) in [7, 11) is 0.370. The lowest BCUT2D eigenvalue weighted by atomic mass is 10.2. The van der Waals surface area contributed by atoms with Crippen molar-refractivity contribution in [3.8, 4) is 0 Å².